The molecule has 0 bridgehead atoms. The second-order valence-corrected chi connectivity index (χ2v) is 6.29. The van der Waals surface area contributed by atoms with Crippen molar-refractivity contribution in [1.29, 1.82) is 0 Å². The fourth-order valence-electron chi connectivity index (χ4n) is 3.58. The summed E-state index contributed by atoms with van der Waals surface area (Å²) < 4.78 is 11.6. The molecule has 3 heteroatoms. The average molecular weight is 255 g/mol. The Labute approximate surface area is 112 Å². The topological polar surface area (TPSA) is 30.5 Å². The Kier molecular flexibility index (Phi) is 5.05. The van der Waals surface area contributed by atoms with Crippen molar-refractivity contribution >= 4 is 0 Å². The van der Waals surface area contributed by atoms with Gasteiger partial charge in [-0.15, -0.1) is 0 Å². The zero-order valence-electron chi connectivity index (χ0n) is 12.2. The zero-order valence-corrected chi connectivity index (χ0v) is 12.2. The molecule has 18 heavy (non-hydrogen) atoms. The molecule has 0 aromatic heterocycles. The lowest BCUT2D eigenvalue weighted by atomic mass is 9.72. The van der Waals surface area contributed by atoms with Crippen LogP contribution in [0.15, 0.2) is 0 Å². The van der Waals surface area contributed by atoms with Gasteiger partial charge in [0.25, 0.3) is 0 Å². The van der Waals surface area contributed by atoms with Crippen molar-refractivity contribution in [3.8, 4) is 0 Å². The molecule has 0 saturated carbocycles. The average Bonchev–Trinajstić information content (AvgIpc) is 2.39. The van der Waals surface area contributed by atoms with Gasteiger partial charge in [-0.3, -0.25) is 0 Å². The third-order valence-corrected chi connectivity index (χ3v) is 5.10. The third-order valence-electron chi connectivity index (χ3n) is 5.10. The van der Waals surface area contributed by atoms with Gasteiger partial charge in [0.2, 0.25) is 0 Å². The molecule has 2 rings (SSSR count). The minimum absolute atomic E-state index is 0.148. The van der Waals surface area contributed by atoms with E-state index in [-0.39, 0.29) is 5.60 Å². The second kappa shape index (κ2) is 6.36. The van der Waals surface area contributed by atoms with Crippen LogP contribution >= 0.6 is 0 Å². The van der Waals surface area contributed by atoms with Gasteiger partial charge in [-0.25, -0.2) is 0 Å². The molecule has 0 radical (unpaired) electrons. The summed E-state index contributed by atoms with van der Waals surface area (Å²) in [6.07, 6.45) is 4.66. The first-order valence-electron chi connectivity index (χ1n) is 7.53. The van der Waals surface area contributed by atoms with Crippen molar-refractivity contribution in [3.63, 3.8) is 0 Å². The fourth-order valence-corrected chi connectivity index (χ4v) is 3.58. The minimum atomic E-state index is 0.148. The van der Waals surface area contributed by atoms with Crippen LogP contribution in [0.2, 0.25) is 0 Å². The van der Waals surface area contributed by atoms with Crippen LogP contribution in [0.3, 0.4) is 0 Å². The van der Waals surface area contributed by atoms with Gasteiger partial charge in [-0.1, -0.05) is 13.8 Å². The molecule has 3 unspecified atom stereocenters. The lowest BCUT2D eigenvalue weighted by Crippen LogP contribution is -2.46. The summed E-state index contributed by atoms with van der Waals surface area (Å²) in [4.78, 5) is 0. The Morgan fingerprint density at radius 2 is 1.94 bits per heavy atom. The van der Waals surface area contributed by atoms with E-state index in [2.05, 4.69) is 19.2 Å². The van der Waals surface area contributed by atoms with Gasteiger partial charge < -0.3 is 14.8 Å². The normalized spacial score (nSPS) is 31.2. The summed E-state index contributed by atoms with van der Waals surface area (Å²) in [6.45, 7) is 8.62. The molecule has 3 atom stereocenters. The van der Waals surface area contributed by atoms with E-state index in [1.165, 1.54) is 12.8 Å². The highest BCUT2D eigenvalue weighted by atomic mass is 16.5. The molecule has 2 saturated heterocycles. The Morgan fingerprint density at radius 1 is 1.22 bits per heavy atom. The number of nitrogens with one attached hydrogen (secondary N) is 1. The molecule has 0 aromatic carbocycles. The summed E-state index contributed by atoms with van der Waals surface area (Å²) >= 11 is 0. The number of rotatable bonds is 4. The van der Waals surface area contributed by atoms with E-state index in [4.69, 9.17) is 9.47 Å². The van der Waals surface area contributed by atoms with Crippen LogP contribution in [0.1, 0.15) is 39.5 Å². The molecule has 2 aliphatic heterocycles. The van der Waals surface area contributed by atoms with E-state index in [9.17, 15) is 0 Å². The first kappa shape index (κ1) is 14.3. The van der Waals surface area contributed by atoms with Gasteiger partial charge >= 0.3 is 0 Å². The standard InChI is InChI=1S/C15H29NO2/c1-12(11-16-3)13(2)14-4-7-18-15(10-14)5-8-17-9-6-15/h12-14,16H,4-11H2,1-3H3. The van der Waals surface area contributed by atoms with Crippen LogP contribution in [0.25, 0.3) is 0 Å². The largest absolute Gasteiger partial charge is 0.381 e. The predicted octanol–water partition coefficient (Wildman–Crippen LogP) is 2.45. The van der Waals surface area contributed by atoms with E-state index in [0.717, 1.165) is 57.0 Å². The molecule has 1 spiro atoms. The van der Waals surface area contributed by atoms with Crippen LogP contribution in [0.4, 0.5) is 0 Å². The SMILES string of the molecule is CNCC(C)C(C)C1CCOC2(CCOCC2)C1. The predicted molar refractivity (Wildman–Crippen MR) is 73.7 cm³/mol. The van der Waals surface area contributed by atoms with Gasteiger partial charge in [0.1, 0.15) is 0 Å². The molecular weight excluding hydrogens is 226 g/mol. The van der Waals surface area contributed by atoms with Crippen molar-refractivity contribution in [3.05, 3.63) is 0 Å². The second-order valence-electron chi connectivity index (χ2n) is 6.29. The molecule has 1 N–H and O–H groups in total. The van der Waals surface area contributed by atoms with Crippen molar-refractivity contribution in [2.75, 3.05) is 33.4 Å². The molecule has 3 nitrogen and oxygen atoms in total. The quantitative estimate of drug-likeness (QED) is 0.837. The highest BCUT2D eigenvalue weighted by Crippen LogP contribution is 2.41. The maximum Gasteiger partial charge on any atom is 0.0729 e. The number of hydrogen-bond acceptors (Lipinski definition) is 3. The van der Waals surface area contributed by atoms with Gasteiger partial charge in [0, 0.05) is 19.8 Å². The Bertz CT molecular complexity index is 245. The first-order chi connectivity index (χ1) is 8.67. The number of ether oxygens (including phenoxy) is 2. The maximum atomic E-state index is 6.13. The Morgan fingerprint density at radius 3 is 2.61 bits per heavy atom. The summed E-state index contributed by atoms with van der Waals surface area (Å²) in [5.74, 6) is 2.34. The Balaban J connectivity index is 1.93. The van der Waals surface area contributed by atoms with Gasteiger partial charge in [0.05, 0.1) is 5.60 Å². The molecule has 0 amide bonds. The molecule has 2 heterocycles. The first-order valence-corrected chi connectivity index (χ1v) is 7.53. The molecule has 106 valence electrons. The van der Waals surface area contributed by atoms with E-state index in [0.29, 0.717) is 0 Å². The molecule has 2 fully saturated rings. The van der Waals surface area contributed by atoms with Crippen LogP contribution in [0.5, 0.6) is 0 Å². The van der Waals surface area contributed by atoms with Crippen molar-refractivity contribution in [1.82, 2.24) is 5.32 Å². The summed E-state index contributed by atoms with van der Waals surface area (Å²) in [5.41, 5.74) is 0.148. The molecule has 0 aromatic rings. The fraction of sp³-hybridized carbons (Fsp3) is 1.00. The molecule has 2 aliphatic rings. The molecular formula is C15H29NO2. The Hall–Kier alpha value is -0.120. The highest BCUT2D eigenvalue weighted by molar-refractivity contribution is 4.91. The summed E-state index contributed by atoms with van der Waals surface area (Å²) in [5, 5.41) is 3.31. The van der Waals surface area contributed by atoms with E-state index < -0.39 is 0 Å². The zero-order chi connectivity index (χ0) is 13.0. The third kappa shape index (κ3) is 3.25. The van der Waals surface area contributed by atoms with Crippen molar-refractivity contribution < 1.29 is 9.47 Å². The summed E-state index contributed by atoms with van der Waals surface area (Å²) in [7, 11) is 2.05. The van der Waals surface area contributed by atoms with E-state index in [1.54, 1.807) is 0 Å². The van der Waals surface area contributed by atoms with Crippen LogP contribution in [-0.2, 0) is 9.47 Å². The van der Waals surface area contributed by atoms with Gasteiger partial charge in [-0.2, -0.15) is 0 Å². The van der Waals surface area contributed by atoms with Gasteiger partial charge in [0.15, 0.2) is 0 Å². The lowest BCUT2D eigenvalue weighted by Gasteiger charge is -2.45. The van der Waals surface area contributed by atoms with Gasteiger partial charge in [-0.05, 0) is 57.0 Å². The van der Waals surface area contributed by atoms with Crippen molar-refractivity contribution in [2.24, 2.45) is 17.8 Å². The lowest BCUT2D eigenvalue weighted by molar-refractivity contribution is -0.153. The smallest absolute Gasteiger partial charge is 0.0729 e. The van der Waals surface area contributed by atoms with Crippen molar-refractivity contribution in [2.45, 2.75) is 45.1 Å². The van der Waals surface area contributed by atoms with E-state index in [1.807, 2.05) is 7.05 Å². The van der Waals surface area contributed by atoms with E-state index >= 15 is 0 Å². The van der Waals surface area contributed by atoms with Crippen LogP contribution < -0.4 is 5.32 Å². The van der Waals surface area contributed by atoms with Crippen LogP contribution in [0, 0.1) is 17.8 Å². The minimum Gasteiger partial charge on any atom is -0.381 e. The summed E-state index contributed by atoms with van der Waals surface area (Å²) in [6, 6.07) is 0. The monoisotopic (exact) mass is 255 g/mol. The number of hydrogen-bond donors (Lipinski definition) is 1. The van der Waals surface area contributed by atoms with Crippen LogP contribution in [-0.4, -0.2) is 39.0 Å². The highest BCUT2D eigenvalue weighted by Gasteiger charge is 2.41. The maximum absolute atomic E-state index is 6.13. The molecule has 0 aliphatic carbocycles.